The second kappa shape index (κ2) is 15.0. The first kappa shape index (κ1) is 40.9. The SMILES string of the molecule is NC1=c2ncn([C@]3(C(=O)c4ccccc4)O[C@@](CO)(C(=O)c4ccccc4)[C@](O)(C(=O)c4ccccc4)[C@]3(O)C(=O)c3ccccc3)c2=NC(C(=O)c2ccccc2)([N+](=O)[O-])N1. The molecule has 2 aliphatic heterocycles. The normalized spacial score (nSPS) is 25.1. The summed E-state index contributed by atoms with van der Waals surface area (Å²) in [5, 5.41) is 54.3. The molecule has 8 rings (SSSR count). The number of ether oxygens (including phenoxy) is 1. The molecule has 0 aliphatic carbocycles. The average molecular weight is 835 g/mol. The van der Waals surface area contributed by atoms with Crippen LogP contribution in [0.15, 0.2) is 163 Å². The second-order valence-corrected chi connectivity index (χ2v) is 14.5. The Bertz CT molecular complexity index is 2920. The van der Waals surface area contributed by atoms with Gasteiger partial charge in [0.15, 0.2) is 11.1 Å². The van der Waals surface area contributed by atoms with Crippen molar-refractivity contribution in [2.24, 2.45) is 10.7 Å². The number of nitrogens with zero attached hydrogens (tertiary/aromatic N) is 4. The Morgan fingerprint density at radius 3 is 1.44 bits per heavy atom. The number of aliphatic hydroxyl groups is 3. The van der Waals surface area contributed by atoms with Crippen molar-refractivity contribution in [1.29, 1.82) is 0 Å². The molecule has 0 bridgehead atoms. The molecule has 6 N–H and O–H groups in total. The Morgan fingerprint density at radius 2 is 1.02 bits per heavy atom. The molecule has 2 aliphatic rings. The van der Waals surface area contributed by atoms with Crippen LogP contribution in [-0.4, -0.2) is 87.9 Å². The summed E-state index contributed by atoms with van der Waals surface area (Å²) in [6.07, 6.45) is 0.726. The van der Waals surface area contributed by atoms with Crippen molar-refractivity contribution in [2.75, 3.05) is 6.61 Å². The number of ketones is 5. The number of rotatable bonds is 13. The monoisotopic (exact) mass is 834 g/mol. The minimum atomic E-state index is -4.08. The number of imidazole rings is 1. The van der Waals surface area contributed by atoms with Crippen LogP contribution >= 0.6 is 0 Å². The largest absolute Gasteiger partial charge is 0.460 e. The lowest BCUT2D eigenvalue weighted by Crippen LogP contribution is -2.77. The van der Waals surface area contributed by atoms with E-state index in [9.17, 15) is 30.2 Å². The highest BCUT2D eigenvalue weighted by Crippen LogP contribution is 2.59. The van der Waals surface area contributed by atoms with E-state index in [-0.39, 0.29) is 16.7 Å². The van der Waals surface area contributed by atoms with Crippen LogP contribution in [0, 0.1) is 10.1 Å². The lowest BCUT2D eigenvalue weighted by molar-refractivity contribution is -0.554. The minimum absolute atomic E-state index is 0.221. The molecule has 0 spiro atoms. The number of fused-ring (bicyclic) bond motifs is 1. The van der Waals surface area contributed by atoms with Crippen molar-refractivity contribution < 1.29 is 49.0 Å². The fourth-order valence-electron chi connectivity index (χ4n) is 8.15. The summed E-state index contributed by atoms with van der Waals surface area (Å²) < 4.78 is 7.12. The fraction of sp³-hybridized carbons (Fsp3) is 0.133. The molecule has 310 valence electrons. The van der Waals surface area contributed by atoms with Gasteiger partial charge in [-0.05, 0) is 0 Å². The van der Waals surface area contributed by atoms with Gasteiger partial charge in [-0.3, -0.25) is 44.0 Å². The van der Waals surface area contributed by atoms with E-state index in [0.717, 1.165) is 6.33 Å². The average Bonchev–Trinajstić information content (AvgIpc) is 3.83. The van der Waals surface area contributed by atoms with Crippen LogP contribution in [0.25, 0.3) is 5.82 Å². The number of nitrogens with one attached hydrogen (secondary N) is 1. The number of nitrogens with two attached hydrogens (primary N) is 1. The third kappa shape index (κ3) is 5.53. The van der Waals surface area contributed by atoms with Gasteiger partial charge in [0.2, 0.25) is 34.3 Å². The minimum Gasteiger partial charge on any atom is -0.393 e. The molecular formula is C45H34N6O11. The molecule has 62 heavy (non-hydrogen) atoms. The number of hydrogen-bond acceptors (Lipinski definition) is 15. The summed E-state index contributed by atoms with van der Waals surface area (Å²) >= 11 is 0. The van der Waals surface area contributed by atoms with Gasteiger partial charge in [0.1, 0.15) is 17.5 Å². The third-order valence-corrected chi connectivity index (χ3v) is 11.1. The first-order valence-electron chi connectivity index (χ1n) is 18.9. The Kier molecular flexibility index (Phi) is 9.91. The highest BCUT2D eigenvalue weighted by molar-refractivity contribution is 6.22. The number of carbonyl (C=O) groups excluding carboxylic acids is 5. The van der Waals surface area contributed by atoms with E-state index in [1.807, 2.05) is 0 Å². The predicted octanol–water partition coefficient (Wildman–Crippen LogP) is 1.35. The van der Waals surface area contributed by atoms with Gasteiger partial charge in [-0.2, -0.15) is 4.99 Å². The van der Waals surface area contributed by atoms with Crippen molar-refractivity contribution in [2.45, 2.75) is 28.3 Å². The summed E-state index contributed by atoms with van der Waals surface area (Å²) in [5.74, 6) is -11.1. The van der Waals surface area contributed by atoms with Gasteiger partial charge >= 0.3 is 5.79 Å². The molecule has 5 atom stereocenters. The van der Waals surface area contributed by atoms with E-state index in [2.05, 4.69) is 15.3 Å². The van der Waals surface area contributed by atoms with Gasteiger partial charge < -0.3 is 25.8 Å². The fourth-order valence-corrected chi connectivity index (χ4v) is 8.15. The van der Waals surface area contributed by atoms with Crippen molar-refractivity contribution in [3.8, 4) is 0 Å². The third-order valence-electron chi connectivity index (χ3n) is 11.1. The topological polar surface area (TPSA) is 267 Å². The highest BCUT2D eigenvalue weighted by atomic mass is 16.6. The highest BCUT2D eigenvalue weighted by Gasteiger charge is 2.89. The lowest BCUT2D eigenvalue weighted by Gasteiger charge is -2.44. The molecule has 1 unspecified atom stereocenters. The summed E-state index contributed by atoms with van der Waals surface area (Å²) in [5.41, 5.74) is -11.5. The van der Waals surface area contributed by atoms with Crippen LogP contribution in [-0.2, 0) is 10.5 Å². The summed E-state index contributed by atoms with van der Waals surface area (Å²) in [4.78, 5) is 96.8. The molecule has 0 radical (unpaired) electrons. The van der Waals surface area contributed by atoms with E-state index >= 15 is 19.2 Å². The van der Waals surface area contributed by atoms with Crippen molar-refractivity contribution in [1.82, 2.24) is 14.9 Å². The second-order valence-electron chi connectivity index (χ2n) is 14.5. The maximum atomic E-state index is 15.8. The zero-order chi connectivity index (χ0) is 44.1. The van der Waals surface area contributed by atoms with Gasteiger partial charge in [0, 0.05) is 27.8 Å². The van der Waals surface area contributed by atoms with Gasteiger partial charge in [-0.1, -0.05) is 152 Å². The standard InChI is InChI=1S/C45H34N6O11/c46-39-33-40(49-45(48-39,51(60)61)38(57)32-24-14-5-15-25-32)50(27-47-33)44(37(56)31-22-12-4-13-23-31)43(59,36(55)30-20-10-3-11-21-30)42(58,35(54)29-18-8-2-9-19-29)41(26-52,62-44)34(53)28-16-6-1-7-17-28/h1-25,27,48,52,58-59H,26,46H2/t41-,42+,43+,44+,45?/m0/s1. The Hall–Kier alpha value is -7.83. The zero-order valence-corrected chi connectivity index (χ0v) is 32.2. The van der Waals surface area contributed by atoms with Crippen LogP contribution in [0.3, 0.4) is 0 Å². The molecular weight excluding hydrogens is 801 g/mol. The van der Waals surface area contributed by atoms with Crippen LogP contribution in [0.4, 0.5) is 0 Å². The van der Waals surface area contributed by atoms with Crippen molar-refractivity contribution in [3.63, 3.8) is 0 Å². The van der Waals surface area contributed by atoms with Crippen LogP contribution in [0.1, 0.15) is 51.8 Å². The predicted molar refractivity (Wildman–Crippen MR) is 216 cm³/mol. The summed E-state index contributed by atoms with van der Waals surface area (Å²) in [7, 11) is 0. The molecule has 17 heteroatoms. The van der Waals surface area contributed by atoms with E-state index < -0.39 is 96.5 Å². The summed E-state index contributed by atoms with van der Waals surface area (Å²) in [6.45, 7) is -1.68. The molecule has 1 saturated heterocycles. The smallest absolute Gasteiger partial charge is 0.393 e. The number of Topliss-reactive ketones (excluding diaryl/α,β-unsaturated/α-hetero) is 5. The van der Waals surface area contributed by atoms with E-state index in [4.69, 9.17) is 10.5 Å². The van der Waals surface area contributed by atoms with E-state index in [1.165, 1.54) is 146 Å². The Morgan fingerprint density at radius 1 is 0.629 bits per heavy atom. The lowest BCUT2D eigenvalue weighted by atomic mass is 9.61. The molecule has 0 amide bonds. The van der Waals surface area contributed by atoms with Crippen LogP contribution in [0.5, 0.6) is 0 Å². The van der Waals surface area contributed by atoms with Crippen LogP contribution in [0.2, 0.25) is 0 Å². The number of carbonyl (C=O) groups is 5. The van der Waals surface area contributed by atoms with Crippen molar-refractivity contribution in [3.05, 3.63) is 207 Å². The molecule has 1 fully saturated rings. The number of aliphatic hydroxyl groups excluding tert-OH is 1. The molecule has 1 aromatic heterocycles. The summed E-state index contributed by atoms with van der Waals surface area (Å²) in [6, 6.07) is 33.8. The first-order valence-corrected chi connectivity index (χ1v) is 18.9. The Balaban J connectivity index is 1.59. The maximum Gasteiger partial charge on any atom is 0.460 e. The maximum absolute atomic E-state index is 15.8. The molecule has 17 nitrogen and oxygen atoms in total. The van der Waals surface area contributed by atoms with Gasteiger partial charge in [-0.15, -0.1) is 0 Å². The van der Waals surface area contributed by atoms with Gasteiger partial charge in [0.25, 0.3) is 11.5 Å². The van der Waals surface area contributed by atoms with Gasteiger partial charge in [0.05, 0.1) is 11.5 Å². The van der Waals surface area contributed by atoms with Crippen LogP contribution < -0.4 is 21.9 Å². The molecule has 0 saturated carbocycles. The van der Waals surface area contributed by atoms with E-state index in [0.29, 0.717) is 4.57 Å². The molecule has 3 heterocycles. The number of nitro groups is 1. The Labute approximate surface area is 350 Å². The number of aromatic nitrogens is 2. The molecule has 6 aromatic rings. The van der Waals surface area contributed by atoms with E-state index in [1.54, 1.807) is 6.07 Å². The van der Waals surface area contributed by atoms with Gasteiger partial charge in [-0.25, -0.2) is 4.98 Å². The zero-order valence-electron chi connectivity index (χ0n) is 32.2. The quantitative estimate of drug-likeness (QED) is 0.0625. The number of hydrogen-bond donors (Lipinski definition) is 5. The first-order chi connectivity index (χ1) is 29.7. The number of benzene rings is 5. The van der Waals surface area contributed by atoms with Crippen molar-refractivity contribution >= 4 is 34.7 Å². The molecule has 5 aromatic carbocycles.